The number of fused-ring (bicyclic) bond motifs is 2. The molecule has 3 aromatic carbocycles. The van der Waals surface area contributed by atoms with E-state index in [9.17, 15) is 9.59 Å². The molecule has 1 amide bonds. The van der Waals surface area contributed by atoms with Gasteiger partial charge in [0.1, 0.15) is 6.54 Å². The number of hydrogen-bond donors (Lipinski definition) is 1. The smallest absolute Gasteiger partial charge is 0.261 e. The summed E-state index contributed by atoms with van der Waals surface area (Å²) in [6, 6.07) is 16.4. The summed E-state index contributed by atoms with van der Waals surface area (Å²) in [5.41, 5.74) is 0.667. The van der Waals surface area contributed by atoms with Crippen LogP contribution in [0.5, 0.6) is 0 Å². The van der Waals surface area contributed by atoms with Gasteiger partial charge in [0.15, 0.2) is 0 Å². The van der Waals surface area contributed by atoms with Crippen molar-refractivity contribution >= 4 is 56.5 Å². The highest BCUT2D eigenvalue weighted by Gasteiger charge is 2.12. The highest BCUT2D eigenvalue weighted by atomic mass is 35.5. The van der Waals surface area contributed by atoms with Gasteiger partial charge in [-0.1, -0.05) is 59.6 Å². The predicted octanol–water partition coefficient (Wildman–Crippen LogP) is 4.50. The zero-order valence-corrected chi connectivity index (χ0v) is 15.5. The Bertz CT molecular complexity index is 1250. The van der Waals surface area contributed by atoms with Crippen LogP contribution in [0.25, 0.3) is 21.7 Å². The van der Waals surface area contributed by atoms with Crippen molar-refractivity contribution < 1.29 is 4.79 Å². The Morgan fingerprint density at radius 2 is 1.81 bits per heavy atom. The third-order valence-corrected chi connectivity index (χ3v) is 4.73. The number of benzene rings is 3. The summed E-state index contributed by atoms with van der Waals surface area (Å²) >= 11 is 12.1. The van der Waals surface area contributed by atoms with Crippen molar-refractivity contribution in [3.8, 4) is 0 Å². The van der Waals surface area contributed by atoms with Gasteiger partial charge in [-0.25, -0.2) is 4.98 Å². The summed E-state index contributed by atoms with van der Waals surface area (Å²) in [6.07, 6.45) is 1.31. The SMILES string of the molecule is O=C(Cn1cnc2c(Cl)cc(Cl)cc2c1=O)Nc1cccc2ccccc12. The molecule has 0 atom stereocenters. The first-order chi connectivity index (χ1) is 13.0. The van der Waals surface area contributed by atoms with Gasteiger partial charge in [-0.15, -0.1) is 0 Å². The molecule has 4 rings (SSSR count). The van der Waals surface area contributed by atoms with Crippen molar-refractivity contribution in [3.63, 3.8) is 0 Å². The summed E-state index contributed by atoms with van der Waals surface area (Å²) in [5, 5.41) is 5.70. The van der Waals surface area contributed by atoms with Crippen LogP contribution in [0.2, 0.25) is 10.0 Å². The summed E-state index contributed by atoms with van der Waals surface area (Å²) in [7, 11) is 0. The molecule has 0 saturated heterocycles. The molecule has 0 aliphatic heterocycles. The van der Waals surface area contributed by atoms with Crippen LogP contribution in [-0.4, -0.2) is 15.5 Å². The second-order valence-electron chi connectivity index (χ2n) is 6.04. The van der Waals surface area contributed by atoms with Gasteiger partial charge in [-0.2, -0.15) is 0 Å². The number of nitrogens with zero attached hydrogens (tertiary/aromatic N) is 2. The molecular formula is C20H13Cl2N3O2. The van der Waals surface area contributed by atoms with Crippen molar-refractivity contribution in [1.82, 2.24) is 9.55 Å². The molecular weight excluding hydrogens is 385 g/mol. The molecule has 1 N–H and O–H groups in total. The van der Waals surface area contributed by atoms with E-state index in [0.717, 1.165) is 10.8 Å². The van der Waals surface area contributed by atoms with Crippen LogP contribution >= 0.6 is 23.2 Å². The lowest BCUT2D eigenvalue weighted by atomic mass is 10.1. The van der Waals surface area contributed by atoms with Crippen molar-refractivity contribution in [1.29, 1.82) is 0 Å². The zero-order valence-electron chi connectivity index (χ0n) is 13.9. The third kappa shape index (κ3) is 3.39. The minimum atomic E-state index is -0.377. The van der Waals surface area contributed by atoms with Crippen LogP contribution in [0.1, 0.15) is 0 Å². The predicted molar refractivity (Wildman–Crippen MR) is 109 cm³/mol. The molecule has 5 nitrogen and oxygen atoms in total. The lowest BCUT2D eigenvalue weighted by Gasteiger charge is -2.10. The molecule has 4 aromatic rings. The lowest BCUT2D eigenvalue weighted by Crippen LogP contribution is -2.28. The van der Waals surface area contributed by atoms with E-state index in [2.05, 4.69) is 10.3 Å². The number of carbonyl (C=O) groups is 1. The highest BCUT2D eigenvalue weighted by molar-refractivity contribution is 6.38. The van der Waals surface area contributed by atoms with Gasteiger partial charge >= 0.3 is 0 Å². The van der Waals surface area contributed by atoms with Gasteiger partial charge in [0.2, 0.25) is 5.91 Å². The molecule has 0 fully saturated rings. The number of aromatic nitrogens is 2. The fourth-order valence-corrected chi connectivity index (χ4v) is 3.53. The maximum absolute atomic E-state index is 12.7. The second-order valence-corrected chi connectivity index (χ2v) is 6.88. The van der Waals surface area contributed by atoms with Crippen LogP contribution in [-0.2, 0) is 11.3 Å². The maximum Gasteiger partial charge on any atom is 0.261 e. The first-order valence-corrected chi connectivity index (χ1v) is 8.90. The Morgan fingerprint density at radius 3 is 2.67 bits per heavy atom. The number of amides is 1. The Kier molecular flexibility index (Phi) is 4.56. The molecule has 0 radical (unpaired) electrons. The lowest BCUT2D eigenvalue weighted by molar-refractivity contribution is -0.116. The molecule has 1 aromatic heterocycles. The number of anilines is 1. The van der Waals surface area contributed by atoms with Crippen LogP contribution in [0.3, 0.4) is 0 Å². The molecule has 27 heavy (non-hydrogen) atoms. The summed E-state index contributed by atoms with van der Waals surface area (Å²) in [4.78, 5) is 29.3. The van der Waals surface area contributed by atoms with Crippen molar-refractivity contribution in [2.75, 3.05) is 5.32 Å². The molecule has 134 valence electrons. The fraction of sp³-hybridized carbons (Fsp3) is 0.0500. The number of carbonyl (C=O) groups excluding carboxylic acids is 1. The van der Waals surface area contributed by atoms with Crippen molar-refractivity contribution in [3.05, 3.63) is 81.3 Å². The first-order valence-electron chi connectivity index (χ1n) is 8.15. The molecule has 1 heterocycles. The van der Waals surface area contributed by atoms with Gasteiger partial charge in [0.05, 0.1) is 22.3 Å². The number of halogens is 2. The Labute approximate surface area is 164 Å². The van der Waals surface area contributed by atoms with Gasteiger partial charge in [-0.05, 0) is 23.6 Å². The molecule has 0 saturated carbocycles. The topological polar surface area (TPSA) is 64.0 Å². The highest BCUT2D eigenvalue weighted by Crippen LogP contribution is 2.24. The molecule has 0 spiro atoms. The Morgan fingerprint density at radius 1 is 1.04 bits per heavy atom. The molecule has 0 aliphatic rings. The molecule has 0 unspecified atom stereocenters. The monoisotopic (exact) mass is 397 g/mol. The quantitative estimate of drug-likeness (QED) is 0.553. The second kappa shape index (κ2) is 7.02. The summed E-state index contributed by atoms with van der Waals surface area (Å²) < 4.78 is 1.23. The van der Waals surface area contributed by atoms with E-state index < -0.39 is 0 Å². The Balaban J connectivity index is 1.65. The number of nitrogens with one attached hydrogen (secondary N) is 1. The average molecular weight is 398 g/mol. The van der Waals surface area contributed by atoms with Crippen LogP contribution < -0.4 is 10.9 Å². The summed E-state index contributed by atoms with van der Waals surface area (Å²) in [6.45, 7) is -0.172. The van der Waals surface area contributed by atoms with Gasteiger partial charge in [0.25, 0.3) is 5.56 Å². The number of rotatable bonds is 3. The van der Waals surface area contributed by atoms with Crippen LogP contribution in [0, 0.1) is 0 Å². The fourth-order valence-electron chi connectivity index (χ4n) is 2.99. The molecule has 0 aliphatic carbocycles. The van der Waals surface area contributed by atoms with Crippen LogP contribution in [0.4, 0.5) is 5.69 Å². The largest absolute Gasteiger partial charge is 0.324 e. The van der Waals surface area contributed by atoms with Crippen LogP contribution in [0.15, 0.2) is 65.7 Å². The summed E-state index contributed by atoms with van der Waals surface area (Å²) in [5.74, 6) is -0.331. The Hall–Kier alpha value is -2.89. The van der Waals surface area contributed by atoms with E-state index in [1.807, 2.05) is 42.5 Å². The normalized spacial score (nSPS) is 11.0. The van der Waals surface area contributed by atoms with E-state index in [1.165, 1.54) is 23.0 Å². The van der Waals surface area contributed by atoms with E-state index >= 15 is 0 Å². The van der Waals surface area contributed by atoms with E-state index in [1.54, 1.807) is 0 Å². The zero-order chi connectivity index (χ0) is 19.0. The van der Waals surface area contributed by atoms with Gasteiger partial charge in [-0.3, -0.25) is 14.2 Å². The standard InChI is InChI=1S/C20H13Cl2N3O2/c21-13-8-15-19(16(22)9-13)23-11-25(20(15)27)10-18(26)24-17-7-3-5-12-4-1-2-6-14(12)17/h1-9,11H,10H2,(H,24,26). The average Bonchev–Trinajstić information content (AvgIpc) is 2.65. The van der Waals surface area contributed by atoms with Crippen molar-refractivity contribution in [2.24, 2.45) is 0 Å². The molecule has 0 bridgehead atoms. The minimum absolute atomic E-state index is 0.172. The van der Waals surface area contributed by atoms with Gasteiger partial charge < -0.3 is 5.32 Å². The van der Waals surface area contributed by atoms with E-state index in [0.29, 0.717) is 21.2 Å². The minimum Gasteiger partial charge on any atom is -0.324 e. The molecule has 7 heteroatoms. The maximum atomic E-state index is 12.7. The first kappa shape index (κ1) is 17.5. The van der Waals surface area contributed by atoms with E-state index in [-0.39, 0.29) is 23.4 Å². The van der Waals surface area contributed by atoms with E-state index in [4.69, 9.17) is 23.2 Å². The van der Waals surface area contributed by atoms with Crippen molar-refractivity contribution in [2.45, 2.75) is 6.54 Å². The number of hydrogen-bond acceptors (Lipinski definition) is 3. The third-order valence-electron chi connectivity index (χ3n) is 4.22. The van der Waals surface area contributed by atoms with Gasteiger partial charge in [0, 0.05) is 16.1 Å².